The zero-order valence-electron chi connectivity index (χ0n) is 10.5. The van der Waals surface area contributed by atoms with E-state index in [4.69, 9.17) is 11.6 Å². The lowest BCUT2D eigenvalue weighted by atomic mass is 10.1. The molecule has 0 radical (unpaired) electrons. The van der Waals surface area contributed by atoms with Gasteiger partial charge >= 0.3 is 0 Å². The van der Waals surface area contributed by atoms with E-state index >= 15 is 0 Å². The summed E-state index contributed by atoms with van der Waals surface area (Å²) in [6, 6.07) is 16.9. The number of nitrogens with one attached hydrogen (secondary N) is 1. The zero-order chi connectivity index (χ0) is 13.9. The van der Waals surface area contributed by atoms with Gasteiger partial charge < -0.3 is 5.32 Å². The maximum absolute atomic E-state index is 12.2. The zero-order valence-corrected chi connectivity index (χ0v) is 11.3. The second-order valence-electron chi connectivity index (χ2n) is 4.35. The molecule has 0 fully saturated rings. The Kier molecular flexibility index (Phi) is 3.35. The van der Waals surface area contributed by atoms with E-state index in [1.54, 1.807) is 12.1 Å². The van der Waals surface area contributed by atoms with Gasteiger partial charge in [-0.1, -0.05) is 48.0 Å². The highest BCUT2D eigenvalue weighted by atomic mass is 35.5. The molecule has 0 aliphatic carbocycles. The molecule has 0 unspecified atom stereocenters. The molecule has 1 amide bonds. The molecule has 3 aromatic rings. The van der Waals surface area contributed by atoms with E-state index in [9.17, 15) is 4.79 Å². The molecule has 0 saturated carbocycles. The number of fused-ring (bicyclic) bond motifs is 1. The molecule has 0 atom stereocenters. The van der Waals surface area contributed by atoms with Crippen molar-refractivity contribution in [1.29, 1.82) is 0 Å². The average molecular weight is 283 g/mol. The number of aromatic nitrogens is 1. The standard InChI is InChI=1S/C16H11ClN2O/c17-15-9-8-12(10-18-15)16(20)19-14-7-3-5-11-4-1-2-6-13(11)14/h1-10H,(H,19,20). The fourth-order valence-electron chi connectivity index (χ4n) is 2.04. The molecule has 0 aliphatic heterocycles. The predicted octanol–water partition coefficient (Wildman–Crippen LogP) is 4.14. The lowest BCUT2D eigenvalue weighted by molar-refractivity contribution is 0.102. The Morgan fingerprint density at radius 3 is 2.60 bits per heavy atom. The van der Waals surface area contributed by atoms with Crippen LogP contribution in [0.5, 0.6) is 0 Å². The Morgan fingerprint density at radius 2 is 1.80 bits per heavy atom. The molecule has 0 aliphatic rings. The minimum Gasteiger partial charge on any atom is -0.321 e. The van der Waals surface area contributed by atoms with Crippen LogP contribution in [0.1, 0.15) is 10.4 Å². The van der Waals surface area contributed by atoms with Crippen LogP contribution in [0.25, 0.3) is 10.8 Å². The van der Waals surface area contributed by atoms with Crippen molar-refractivity contribution in [2.45, 2.75) is 0 Å². The summed E-state index contributed by atoms with van der Waals surface area (Å²) in [5.41, 5.74) is 1.25. The highest BCUT2D eigenvalue weighted by molar-refractivity contribution is 6.29. The van der Waals surface area contributed by atoms with E-state index in [0.29, 0.717) is 10.7 Å². The molecule has 1 heterocycles. The third-order valence-electron chi connectivity index (χ3n) is 3.03. The molecule has 1 N–H and O–H groups in total. The summed E-state index contributed by atoms with van der Waals surface area (Å²) >= 11 is 5.71. The van der Waals surface area contributed by atoms with E-state index in [2.05, 4.69) is 10.3 Å². The summed E-state index contributed by atoms with van der Waals surface area (Å²) in [6.07, 6.45) is 1.46. The monoisotopic (exact) mass is 282 g/mol. The molecule has 98 valence electrons. The van der Waals surface area contributed by atoms with Gasteiger partial charge in [-0.25, -0.2) is 4.98 Å². The van der Waals surface area contributed by atoms with Gasteiger partial charge in [-0.15, -0.1) is 0 Å². The van der Waals surface area contributed by atoms with Gasteiger partial charge in [0.25, 0.3) is 5.91 Å². The summed E-state index contributed by atoms with van der Waals surface area (Å²) in [5, 5.41) is 5.35. The van der Waals surface area contributed by atoms with Crippen LogP contribution < -0.4 is 5.32 Å². The van der Waals surface area contributed by atoms with E-state index in [-0.39, 0.29) is 5.91 Å². The molecule has 1 aromatic heterocycles. The van der Waals surface area contributed by atoms with Crippen LogP contribution in [0.2, 0.25) is 5.15 Å². The van der Waals surface area contributed by atoms with Crippen LogP contribution >= 0.6 is 11.6 Å². The number of hydrogen-bond acceptors (Lipinski definition) is 2. The van der Waals surface area contributed by atoms with E-state index < -0.39 is 0 Å². The van der Waals surface area contributed by atoms with Crippen LogP contribution in [0.4, 0.5) is 5.69 Å². The highest BCUT2D eigenvalue weighted by Crippen LogP contribution is 2.23. The van der Waals surface area contributed by atoms with Gasteiger partial charge in [0.2, 0.25) is 0 Å². The molecule has 3 nitrogen and oxygen atoms in total. The number of rotatable bonds is 2. The molecule has 2 aromatic carbocycles. The Hall–Kier alpha value is -2.39. The molecule has 3 rings (SSSR count). The largest absolute Gasteiger partial charge is 0.321 e. The van der Waals surface area contributed by atoms with Gasteiger partial charge in [-0.2, -0.15) is 0 Å². The minimum atomic E-state index is -0.203. The van der Waals surface area contributed by atoms with Crippen LogP contribution in [0, 0.1) is 0 Å². The van der Waals surface area contributed by atoms with E-state index in [1.165, 1.54) is 6.20 Å². The topological polar surface area (TPSA) is 42.0 Å². The van der Waals surface area contributed by atoms with Crippen molar-refractivity contribution in [1.82, 2.24) is 4.98 Å². The van der Waals surface area contributed by atoms with Gasteiger partial charge in [0, 0.05) is 17.3 Å². The summed E-state index contributed by atoms with van der Waals surface area (Å²) < 4.78 is 0. The smallest absolute Gasteiger partial charge is 0.257 e. The third-order valence-corrected chi connectivity index (χ3v) is 3.25. The molecule has 0 saturated heterocycles. The van der Waals surface area contributed by atoms with Crippen molar-refractivity contribution in [3.8, 4) is 0 Å². The first kappa shape index (κ1) is 12.6. The van der Waals surface area contributed by atoms with Crippen LogP contribution in [-0.4, -0.2) is 10.9 Å². The number of carbonyl (C=O) groups is 1. The maximum Gasteiger partial charge on any atom is 0.257 e. The van der Waals surface area contributed by atoms with Gasteiger partial charge in [0.05, 0.1) is 5.56 Å². The SMILES string of the molecule is O=C(Nc1cccc2ccccc12)c1ccc(Cl)nc1. The molecule has 4 heteroatoms. The number of anilines is 1. The average Bonchev–Trinajstić information content (AvgIpc) is 2.48. The third kappa shape index (κ3) is 2.49. The molecular weight excluding hydrogens is 272 g/mol. The van der Waals surface area contributed by atoms with Crippen LogP contribution in [0.3, 0.4) is 0 Å². The number of benzene rings is 2. The maximum atomic E-state index is 12.2. The first-order valence-electron chi connectivity index (χ1n) is 6.15. The van der Waals surface area contributed by atoms with Crippen molar-refractivity contribution in [2.75, 3.05) is 5.32 Å². The Morgan fingerprint density at radius 1 is 1.00 bits per heavy atom. The predicted molar refractivity (Wildman–Crippen MR) is 81.1 cm³/mol. The van der Waals surface area contributed by atoms with E-state index in [0.717, 1.165) is 16.5 Å². The van der Waals surface area contributed by atoms with Crippen molar-refractivity contribution in [3.63, 3.8) is 0 Å². The van der Waals surface area contributed by atoms with Crippen molar-refractivity contribution in [3.05, 3.63) is 71.5 Å². The lowest BCUT2D eigenvalue weighted by Crippen LogP contribution is -2.12. The molecular formula is C16H11ClN2O. The second kappa shape index (κ2) is 5.31. The first-order valence-corrected chi connectivity index (χ1v) is 6.52. The van der Waals surface area contributed by atoms with Crippen LogP contribution in [0.15, 0.2) is 60.8 Å². The Labute approximate surface area is 121 Å². The number of halogens is 1. The molecule has 0 bridgehead atoms. The van der Waals surface area contributed by atoms with Crippen molar-refractivity contribution in [2.24, 2.45) is 0 Å². The van der Waals surface area contributed by atoms with Crippen LogP contribution in [-0.2, 0) is 0 Å². The number of pyridine rings is 1. The molecule has 20 heavy (non-hydrogen) atoms. The van der Waals surface area contributed by atoms with Gasteiger partial charge in [-0.05, 0) is 23.6 Å². The fourth-order valence-corrected chi connectivity index (χ4v) is 2.15. The summed E-state index contributed by atoms with van der Waals surface area (Å²) in [6.45, 7) is 0. The minimum absolute atomic E-state index is 0.203. The number of carbonyl (C=O) groups excluding carboxylic acids is 1. The summed E-state index contributed by atoms with van der Waals surface area (Å²) in [4.78, 5) is 16.1. The second-order valence-corrected chi connectivity index (χ2v) is 4.74. The number of amides is 1. The van der Waals surface area contributed by atoms with Gasteiger partial charge in [0.1, 0.15) is 5.15 Å². The quantitative estimate of drug-likeness (QED) is 0.718. The van der Waals surface area contributed by atoms with E-state index in [1.807, 2.05) is 42.5 Å². The Balaban J connectivity index is 1.93. The Bertz CT molecular complexity index is 764. The summed E-state index contributed by atoms with van der Waals surface area (Å²) in [7, 11) is 0. The first-order chi connectivity index (χ1) is 9.74. The van der Waals surface area contributed by atoms with Crippen molar-refractivity contribution >= 4 is 34.0 Å². The van der Waals surface area contributed by atoms with Gasteiger partial charge in [-0.3, -0.25) is 4.79 Å². The van der Waals surface area contributed by atoms with Crippen molar-refractivity contribution < 1.29 is 4.79 Å². The lowest BCUT2D eigenvalue weighted by Gasteiger charge is -2.08. The van der Waals surface area contributed by atoms with Gasteiger partial charge in [0.15, 0.2) is 0 Å². The normalized spacial score (nSPS) is 10.4. The molecule has 0 spiro atoms. The fraction of sp³-hybridized carbons (Fsp3) is 0. The number of hydrogen-bond donors (Lipinski definition) is 1. The highest BCUT2D eigenvalue weighted by Gasteiger charge is 2.08. The summed E-state index contributed by atoms with van der Waals surface area (Å²) in [5.74, 6) is -0.203. The number of nitrogens with zero attached hydrogens (tertiary/aromatic N) is 1.